The Morgan fingerprint density at radius 3 is 2.56 bits per heavy atom. The molecule has 0 saturated carbocycles. The zero-order valence-corrected chi connectivity index (χ0v) is 14.0. The lowest BCUT2D eigenvalue weighted by Crippen LogP contribution is -2.29. The van der Waals surface area contributed by atoms with Gasteiger partial charge in [-0.05, 0) is 42.3 Å². The second kappa shape index (κ2) is 6.73. The van der Waals surface area contributed by atoms with E-state index in [0.29, 0.717) is 12.3 Å². The van der Waals surface area contributed by atoms with Gasteiger partial charge in [-0.2, -0.15) is 0 Å². The molecule has 0 amide bonds. The number of halogens is 1. The fraction of sp³-hybridized carbons (Fsp3) is 0.238. The SMILES string of the molecule is Oc1ccccc1CN1CCCn2cccc2[C@H]1c1ccc(F)cc1. The van der Waals surface area contributed by atoms with E-state index in [9.17, 15) is 9.50 Å². The predicted octanol–water partition coefficient (Wildman–Crippen LogP) is 4.33. The number of aryl methyl sites for hydroxylation is 1. The summed E-state index contributed by atoms with van der Waals surface area (Å²) >= 11 is 0. The molecule has 0 spiro atoms. The minimum Gasteiger partial charge on any atom is -0.508 e. The van der Waals surface area contributed by atoms with Crippen molar-refractivity contribution in [3.05, 3.63) is 89.5 Å². The van der Waals surface area contributed by atoms with Crippen LogP contribution in [-0.2, 0) is 13.1 Å². The van der Waals surface area contributed by atoms with Crippen LogP contribution < -0.4 is 0 Å². The molecule has 25 heavy (non-hydrogen) atoms. The highest BCUT2D eigenvalue weighted by atomic mass is 19.1. The second-order valence-electron chi connectivity index (χ2n) is 6.53. The van der Waals surface area contributed by atoms with Crippen molar-refractivity contribution in [1.29, 1.82) is 0 Å². The van der Waals surface area contributed by atoms with E-state index in [4.69, 9.17) is 0 Å². The first-order valence-electron chi connectivity index (χ1n) is 8.64. The maximum atomic E-state index is 13.4. The quantitative estimate of drug-likeness (QED) is 0.771. The molecule has 0 fully saturated rings. The van der Waals surface area contributed by atoms with E-state index in [1.165, 1.54) is 17.8 Å². The van der Waals surface area contributed by atoms with Gasteiger partial charge in [0, 0.05) is 37.1 Å². The molecule has 1 aliphatic rings. The third kappa shape index (κ3) is 3.17. The van der Waals surface area contributed by atoms with Gasteiger partial charge in [-0.3, -0.25) is 4.90 Å². The van der Waals surface area contributed by atoms with E-state index in [1.54, 1.807) is 6.07 Å². The minimum absolute atomic E-state index is 0.0395. The molecule has 3 nitrogen and oxygen atoms in total. The maximum absolute atomic E-state index is 13.4. The molecule has 2 heterocycles. The Labute approximate surface area is 147 Å². The number of hydrogen-bond donors (Lipinski definition) is 1. The number of hydrogen-bond acceptors (Lipinski definition) is 2. The molecule has 3 aromatic rings. The highest BCUT2D eigenvalue weighted by Gasteiger charge is 2.27. The molecule has 0 saturated heterocycles. The van der Waals surface area contributed by atoms with Gasteiger partial charge in [0.05, 0.1) is 6.04 Å². The van der Waals surface area contributed by atoms with Crippen LogP contribution in [0.5, 0.6) is 5.75 Å². The lowest BCUT2D eigenvalue weighted by molar-refractivity contribution is 0.217. The fourth-order valence-corrected chi connectivity index (χ4v) is 3.70. The van der Waals surface area contributed by atoms with E-state index >= 15 is 0 Å². The van der Waals surface area contributed by atoms with Gasteiger partial charge in [-0.1, -0.05) is 30.3 Å². The Morgan fingerprint density at radius 2 is 1.76 bits per heavy atom. The van der Waals surface area contributed by atoms with Crippen molar-refractivity contribution in [3.8, 4) is 5.75 Å². The summed E-state index contributed by atoms with van der Waals surface area (Å²) in [5, 5.41) is 10.2. The smallest absolute Gasteiger partial charge is 0.123 e. The molecule has 1 aromatic heterocycles. The first-order valence-corrected chi connectivity index (χ1v) is 8.64. The molecule has 0 unspecified atom stereocenters. The maximum Gasteiger partial charge on any atom is 0.123 e. The van der Waals surface area contributed by atoms with Gasteiger partial charge in [0.2, 0.25) is 0 Å². The number of fused-ring (bicyclic) bond motifs is 1. The Balaban J connectivity index is 1.75. The third-order valence-corrected chi connectivity index (χ3v) is 4.91. The molecule has 4 heteroatoms. The van der Waals surface area contributed by atoms with Crippen molar-refractivity contribution in [2.45, 2.75) is 25.6 Å². The first kappa shape index (κ1) is 15.9. The van der Waals surface area contributed by atoms with E-state index in [0.717, 1.165) is 30.6 Å². The van der Waals surface area contributed by atoms with Crippen molar-refractivity contribution < 1.29 is 9.50 Å². The van der Waals surface area contributed by atoms with Crippen molar-refractivity contribution >= 4 is 0 Å². The number of rotatable bonds is 3. The molecule has 2 aromatic carbocycles. The lowest BCUT2D eigenvalue weighted by atomic mass is 10.0. The normalized spacial score (nSPS) is 17.9. The molecule has 1 atom stereocenters. The van der Waals surface area contributed by atoms with Crippen LogP contribution in [0, 0.1) is 5.82 Å². The molecule has 0 bridgehead atoms. The number of nitrogens with zero attached hydrogens (tertiary/aromatic N) is 2. The van der Waals surface area contributed by atoms with Crippen LogP contribution in [-0.4, -0.2) is 21.1 Å². The summed E-state index contributed by atoms with van der Waals surface area (Å²) < 4.78 is 15.7. The molecule has 1 N–H and O–H groups in total. The molecule has 0 radical (unpaired) electrons. The number of para-hydroxylation sites is 1. The van der Waals surface area contributed by atoms with Crippen LogP contribution in [0.2, 0.25) is 0 Å². The van der Waals surface area contributed by atoms with Crippen molar-refractivity contribution in [2.75, 3.05) is 6.54 Å². The Hall–Kier alpha value is -2.59. The van der Waals surface area contributed by atoms with Crippen LogP contribution in [0.4, 0.5) is 4.39 Å². The zero-order valence-electron chi connectivity index (χ0n) is 14.0. The topological polar surface area (TPSA) is 28.4 Å². The first-order chi connectivity index (χ1) is 12.2. The lowest BCUT2D eigenvalue weighted by Gasteiger charge is -2.31. The summed E-state index contributed by atoms with van der Waals surface area (Å²) in [4.78, 5) is 2.36. The van der Waals surface area contributed by atoms with Crippen molar-refractivity contribution in [1.82, 2.24) is 9.47 Å². The van der Waals surface area contributed by atoms with E-state index in [-0.39, 0.29) is 11.9 Å². The average Bonchev–Trinajstić information content (AvgIpc) is 3.00. The largest absolute Gasteiger partial charge is 0.508 e. The monoisotopic (exact) mass is 336 g/mol. The highest BCUT2D eigenvalue weighted by molar-refractivity contribution is 5.34. The number of aromatic nitrogens is 1. The van der Waals surface area contributed by atoms with Gasteiger partial charge >= 0.3 is 0 Å². The van der Waals surface area contributed by atoms with E-state index in [1.807, 2.05) is 30.3 Å². The van der Waals surface area contributed by atoms with Gasteiger partial charge in [0.1, 0.15) is 11.6 Å². The molecular formula is C21H21FN2O. The molecular weight excluding hydrogens is 315 g/mol. The summed E-state index contributed by atoms with van der Waals surface area (Å²) in [7, 11) is 0. The minimum atomic E-state index is -0.222. The van der Waals surface area contributed by atoms with E-state index in [2.05, 4.69) is 27.8 Å². The van der Waals surface area contributed by atoms with Gasteiger partial charge in [-0.15, -0.1) is 0 Å². The molecule has 128 valence electrons. The van der Waals surface area contributed by atoms with Crippen LogP contribution in [0.1, 0.15) is 29.3 Å². The van der Waals surface area contributed by atoms with Gasteiger partial charge in [-0.25, -0.2) is 4.39 Å². The van der Waals surface area contributed by atoms with Crippen molar-refractivity contribution in [3.63, 3.8) is 0 Å². The number of phenolic OH excluding ortho intramolecular Hbond substituents is 1. The summed E-state index contributed by atoms with van der Waals surface area (Å²) in [6, 6.07) is 18.5. The standard InChI is InChI=1S/C21H21FN2O/c22-18-10-8-16(9-11-18)21-19-6-3-12-23(19)13-4-14-24(21)15-17-5-1-2-7-20(17)25/h1-3,5-12,21,25H,4,13-15H2/t21-/m1/s1. The zero-order chi connectivity index (χ0) is 17.2. The fourth-order valence-electron chi connectivity index (χ4n) is 3.70. The van der Waals surface area contributed by atoms with Crippen LogP contribution >= 0.6 is 0 Å². The number of aromatic hydroxyl groups is 1. The summed E-state index contributed by atoms with van der Waals surface area (Å²) in [6.45, 7) is 2.54. The Morgan fingerprint density at radius 1 is 0.960 bits per heavy atom. The van der Waals surface area contributed by atoms with Gasteiger partial charge in [0.15, 0.2) is 0 Å². The summed E-state index contributed by atoms with van der Waals surface area (Å²) in [5.41, 5.74) is 3.19. The Kier molecular flexibility index (Phi) is 4.28. The predicted molar refractivity (Wildman–Crippen MR) is 95.8 cm³/mol. The second-order valence-corrected chi connectivity index (χ2v) is 6.53. The molecule has 0 aliphatic carbocycles. The summed E-state index contributed by atoms with van der Waals surface area (Å²) in [6.07, 6.45) is 3.14. The highest BCUT2D eigenvalue weighted by Crippen LogP contribution is 2.34. The van der Waals surface area contributed by atoms with Crippen LogP contribution in [0.3, 0.4) is 0 Å². The van der Waals surface area contributed by atoms with Crippen LogP contribution in [0.15, 0.2) is 66.9 Å². The van der Waals surface area contributed by atoms with Crippen LogP contribution in [0.25, 0.3) is 0 Å². The molecule has 1 aliphatic heterocycles. The van der Waals surface area contributed by atoms with Gasteiger partial charge < -0.3 is 9.67 Å². The average molecular weight is 336 g/mol. The summed E-state index contributed by atoms with van der Waals surface area (Å²) in [5.74, 6) is 0.0972. The number of phenols is 1. The number of benzene rings is 2. The Bertz CT molecular complexity index is 856. The van der Waals surface area contributed by atoms with Crippen molar-refractivity contribution in [2.24, 2.45) is 0 Å². The third-order valence-electron chi connectivity index (χ3n) is 4.91. The van der Waals surface area contributed by atoms with Gasteiger partial charge in [0.25, 0.3) is 0 Å². The van der Waals surface area contributed by atoms with E-state index < -0.39 is 0 Å². The molecule has 4 rings (SSSR count).